The first kappa shape index (κ1) is 14.0. The minimum Gasteiger partial charge on any atom is -0.312 e. The standard InChI is InChI=1S/C13H17FN4S/c1-9(2)6-15-7-10-5-11(14)3-4-12(10)19-13-16-8-17-18-13/h3-5,8-9,15H,6-7H2,1-2H3,(H,16,17,18). The van der Waals surface area contributed by atoms with E-state index in [2.05, 4.69) is 34.3 Å². The highest BCUT2D eigenvalue weighted by atomic mass is 32.2. The van der Waals surface area contributed by atoms with E-state index >= 15 is 0 Å². The van der Waals surface area contributed by atoms with Crippen molar-refractivity contribution in [2.24, 2.45) is 5.92 Å². The average Bonchev–Trinajstić information content (AvgIpc) is 2.85. The fraction of sp³-hybridized carbons (Fsp3) is 0.385. The van der Waals surface area contributed by atoms with E-state index in [1.807, 2.05) is 0 Å². The van der Waals surface area contributed by atoms with Gasteiger partial charge in [0.1, 0.15) is 12.1 Å². The van der Waals surface area contributed by atoms with Gasteiger partial charge in [-0.3, -0.25) is 5.10 Å². The van der Waals surface area contributed by atoms with Gasteiger partial charge in [0.25, 0.3) is 0 Å². The van der Waals surface area contributed by atoms with E-state index < -0.39 is 0 Å². The second-order valence-corrected chi connectivity index (χ2v) is 5.70. The third kappa shape index (κ3) is 4.33. The summed E-state index contributed by atoms with van der Waals surface area (Å²) < 4.78 is 13.3. The molecule has 4 nitrogen and oxygen atoms in total. The van der Waals surface area contributed by atoms with E-state index in [1.54, 1.807) is 12.1 Å². The van der Waals surface area contributed by atoms with Crippen molar-refractivity contribution >= 4 is 11.8 Å². The van der Waals surface area contributed by atoms with Crippen LogP contribution in [0, 0.1) is 11.7 Å². The van der Waals surface area contributed by atoms with Crippen LogP contribution in [0.25, 0.3) is 0 Å². The molecule has 0 unspecified atom stereocenters. The van der Waals surface area contributed by atoms with Crippen molar-refractivity contribution in [3.63, 3.8) is 0 Å². The topological polar surface area (TPSA) is 53.6 Å². The van der Waals surface area contributed by atoms with Crippen LogP contribution in [0.5, 0.6) is 0 Å². The van der Waals surface area contributed by atoms with E-state index in [0.717, 1.165) is 17.0 Å². The SMILES string of the molecule is CC(C)CNCc1cc(F)ccc1Sc1ncn[nH]1. The summed E-state index contributed by atoms with van der Waals surface area (Å²) in [5.74, 6) is 0.349. The second-order valence-electron chi connectivity index (χ2n) is 4.67. The molecular weight excluding hydrogens is 263 g/mol. The summed E-state index contributed by atoms with van der Waals surface area (Å²) in [6.07, 6.45) is 1.46. The predicted molar refractivity (Wildman–Crippen MR) is 73.5 cm³/mol. The number of benzene rings is 1. The first-order chi connectivity index (χ1) is 9.15. The molecule has 0 fully saturated rings. The Bertz CT molecular complexity index is 513. The Morgan fingerprint density at radius 1 is 1.42 bits per heavy atom. The van der Waals surface area contributed by atoms with Gasteiger partial charge in [-0.05, 0) is 36.2 Å². The molecule has 2 N–H and O–H groups in total. The van der Waals surface area contributed by atoms with E-state index in [9.17, 15) is 4.39 Å². The summed E-state index contributed by atoms with van der Waals surface area (Å²) >= 11 is 1.45. The highest BCUT2D eigenvalue weighted by Gasteiger charge is 2.08. The number of halogens is 1. The number of hydrogen-bond acceptors (Lipinski definition) is 4. The van der Waals surface area contributed by atoms with Crippen molar-refractivity contribution in [1.29, 1.82) is 0 Å². The zero-order valence-electron chi connectivity index (χ0n) is 11.0. The van der Waals surface area contributed by atoms with Crippen molar-refractivity contribution in [2.75, 3.05) is 6.54 Å². The van der Waals surface area contributed by atoms with Crippen molar-refractivity contribution in [2.45, 2.75) is 30.4 Å². The van der Waals surface area contributed by atoms with Crippen LogP contribution in [0.3, 0.4) is 0 Å². The van der Waals surface area contributed by atoms with E-state index in [1.165, 1.54) is 24.2 Å². The lowest BCUT2D eigenvalue weighted by atomic mass is 10.2. The van der Waals surface area contributed by atoms with Crippen LogP contribution in [0.4, 0.5) is 4.39 Å². The van der Waals surface area contributed by atoms with Gasteiger partial charge in [0, 0.05) is 11.4 Å². The lowest BCUT2D eigenvalue weighted by molar-refractivity contribution is 0.547. The molecular formula is C13H17FN4S. The van der Waals surface area contributed by atoms with Crippen LogP contribution in [0.2, 0.25) is 0 Å². The first-order valence-electron chi connectivity index (χ1n) is 6.17. The molecule has 6 heteroatoms. The van der Waals surface area contributed by atoms with Crippen molar-refractivity contribution < 1.29 is 4.39 Å². The predicted octanol–water partition coefficient (Wildman–Crippen LogP) is 2.84. The maximum Gasteiger partial charge on any atom is 0.188 e. The summed E-state index contributed by atoms with van der Waals surface area (Å²) in [7, 11) is 0. The number of H-pyrrole nitrogens is 1. The average molecular weight is 280 g/mol. The molecule has 2 aromatic rings. The number of nitrogens with zero attached hydrogens (tertiary/aromatic N) is 2. The van der Waals surface area contributed by atoms with Crippen LogP contribution in [-0.2, 0) is 6.54 Å². The van der Waals surface area contributed by atoms with E-state index in [0.29, 0.717) is 17.6 Å². The Morgan fingerprint density at radius 3 is 2.95 bits per heavy atom. The van der Waals surface area contributed by atoms with Crippen LogP contribution >= 0.6 is 11.8 Å². The Balaban J connectivity index is 2.08. The summed E-state index contributed by atoms with van der Waals surface area (Å²) in [5, 5.41) is 10.6. The highest BCUT2D eigenvalue weighted by molar-refractivity contribution is 7.99. The molecule has 1 aromatic carbocycles. The van der Waals surface area contributed by atoms with Crippen molar-refractivity contribution in [3.05, 3.63) is 35.9 Å². The monoisotopic (exact) mass is 280 g/mol. The van der Waals surface area contributed by atoms with Gasteiger partial charge < -0.3 is 5.32 Å². The van der Waals surface area contributed by atoms with Gasteiger partial charge in [0.2, 0.25) is 0 Å². The maximum absolute atomic E-state index is 13.3. The number of aromatic nitrogens is 3. The molecule has 0 aliphatic heterocycles. The molecule has 0 amide bonds. The summed E-state index contributed by atoms with van der Waals surface area (Å²) in [6.45, 7) is 5.83. The third-order valence-corrected chi connectivity index (χ3v) is 3.50. The smallest absolute Gasteiger partial charge is 0.188 e. The third-order valence-electron chi connectivity index (χ3n) is 2.49. The zero-order chi connectivity index (χ0) is 13.7. The molecule has 0 bridgehead atoms. The van der Waals surface area contributed by atoms with Gasteiger partial charge in [-0.2, -0.15) is 5.10 Å². The number of rotatable bonds is 6. The highest BCUT2D eigenvalue weighted by Crippen LogP contribution is 2.28. The van der Waals surface area contributed by atoms with Crippen LogP contribution in [0.15, 0.2) is 34.6 Å². The molecule has 0 aliphatic carbocycles. The quantitative estimate of drug-likeness (QED) is 0.854. The summed E-state index contributed by atoms with van der Waals surface area (Å²) in [4.78, 5) is 5.05. The Labute approximate surface area is 116 Å². The molecule has 0 saturated heterocycles. The van der Waals surface area contributed by atoms with Gasteiger partial charge in [-0.15, -0.1) is 0 Å². The van der Waals surface area contributed by atoms with Crippen LogP contribution < -0.4 is 5.32 Å². The number of aromatic amines is 1. The lowest BCUT2D eigenvalue weighted by Crippen LogP contribution is -2.19. The molecule has 102 valence electrons. The minimum atomic E-state index is -0.219. The van der Waals surface area contributed by atoms with Gasteiger partial charge in [-0.1, -0.05) is 25.6 Å². The van der Waals surface area contributed by atoms with Crippen molar-refractivity contribution in [1.82, 2.24) is 20.5 Å². The number of nitrogens with one attached hydrogen (secondary N) is 2. The lowest BCUT2D eigenvalue weighted by Gasteiger charge is -2.11. The summed E-state index contributed by atoms with van der Waals surface area (Å²) in [6, 6.07) is 4.80. The molecule has 0 atom stereocenters. The molecule has 2 rings (SSSR count). The van der Waals surface area contributed by atoms with Gasteiger partial charge in [0.05, 0.1) is 0 Å². The molecule has 0 aliphatic rings. The normalized spacial score (nSPS) is 11.2. The van der Waals surface area contributed by atoms with Gasteiger partial charge >= 0.3 is 0 Å². The Morgan fingerprint density at radius 2 is 2.26 bits per heavy atom. The zero-order valence-corrected chi connectivity index (χ0v) is 11.8. The van der Waals surface area contributed by atoms with Gasteiger partial charge in [-0.25, -0.2) is 9.37 Å². The molecule has 0 spiro atoms. The minimum absolute atomic E-state index is 0.219. The van der Waals surface area contributed by atoms with Crippen LogP contribution in [-0.4, -0.2) is 21.7 Å². The number of hydrogen-bond donors (Lipinski definition) is 2. The van der Waals surface area contributed by atoms with Crippen LogP contribution in [0.1, 0.15) is 19.4 Å². The Kier molecular flexibility index (Phi) is 4.93. The molecule has 19 heavy (non-hydrogen) atoms. The molecule has 0 radical (unpaired) electrons. The fourth-order valence-corrected chi connectivity index (χ4v) is 2.43. The Hall–Kier alpha value is -1.40. The van der Waals surface area contributed by atoms with Gasteiger partial charge in [0.15, 0.2) is 5.16 Å². The first-order valence-corrected chi connectivity index (χ1v) is 6.99. The molecule has 1 heterocycles. The fourth-order valence-electron chi connectivity index (χ4n) is 1.63. The van der Waals surface area contributed by atoms with E-state index in [4.69, 9.17) is 0 Å². The maximum atomic E-state index is 13.3. The summed E-state index contributed by atoms with van der Waals surface area (Å²) in [5.41, 5.74) is 0.932. The van der Waals surface area contributed by atoms with E-state index in [-0.39, 0.29) is 5.82 Å². The molecule has 0 saturated carbocycles. The van der Waals surface area contributed by atoms with Crippen molar-refractivity contribution in [3.8, 4) is 0 Å². The largest absolute Gasteiger partial charge is 0.312 e. The second kappa shape index (κ2) is 6.68. The molecule has 1 aromatic heterocycles.